The number of hydrogen-bond donors (Lipinski definition) is 0. The number of carbonyl (C=O) groups is 2. The van der Waals surface area contributed by atoms with Gasteiger partial charge in [0.1, 0.15) is 18.6 Å². The van der Waals surface area contributed by atoms with Crippen molar-refractivity contribution in [2.45, 2.75) is 38.0 Å². The summed E-state index contributed by atoms with van der Waals surface area (Å²) >= 11 is 0. The highest BCUT2D eigenvalue weighted by molar-refractivity contribution is 5.89. The zero-order chi connectivity index (χ0) is 19.1. The minimum Gasteiger partial charge on any atom is -0.458 e. The lowest BCUT2D eigenvalue weighted by molar-refractivity contribution is -0.123. The molecule has 3 rings (SSSR count). The number of carbonyl (C=O) groups excluding carboxylic acids is 2. The third-order valence-electron chi connectivity index (χ3n) is 4.65. The van der Waals surface area contributed by atoms with Crippen molar-refractivity contribution >= 4 is 11.8 Å². The molecule has 0 saturated heterocycles. The second kappa shape index (κ2) is 9.43. The van der Waals surface area contributed by atoms with Crippen LogP contribution in [0.5, 0.6) is 0 Å². The van der Waals surface area contributed by atoms with Gasteiger partial charge in [0, 0.05) is 37.8 Å². The van der Waals surface area contributed by atoms with Crippen LogP contribution in [-0.2, 0) is 25.7 Å². The van der Waals surface area contributed by atoms with Gasteiger partial charge in [-0.05, 0) is 24.6 Å². The fourth-order valence-electron chi connectivity index (χ4n) is 3.26. The van der Waals surface area contributed by atoms with E-state index < -0.39 is 0 Å². The topological polar surface area (TPSA) is 79.7 Å². The summed E-state index contributed by atoms with van der Waals surface area (Å²) in [6.07, 6.45) is 2.56. The lowest BCUT2D eigenvalue weighted by Crippen LogP contribution is -2.33. The quantitative estimate of drug-likeness (QED) is 0.523. The van der Waals surface area contributed by atoms with Gasteiger partial charge in [-0.15, -0.1) is 0 Å². The van der Waals surface area contributed by atoms with Crippen molar-refractivity contribution in [1.29, 1.82) is 0 Å². The first kappa shape index (κ1) is 19.3. The highest BCUT2D eigenvalue weighted by Crippen LogP contribution is 2.34. The predicted octanol–water partition coefficient (Wildman–Crippen LogP) is 2.57. The number of aromatic nitrogens is 2. The van der Waals surface area contributed by atoms with Crippen LogP contribution in [0.1, 0.15) is 41.2 Å². The van der Waals surface area contributed by atoms with Gasteiger partial charge >= 0.3 is 5.97 Å². The van der Waals surface area contributed by atoms with E-state index in [-0.39, 0.29) is 30.5 Å². The Morgan fingerprint density at radius 3 is 2.81 bits per heavy atom. The molecule has 144 valence electrons. The Kier molecular flexibility index (Phi) is 6.73. The van der Waals surface area contributed by atoms with Crippen LogP contribution in [0.15, 0.2) is 42.6 Å². The highest BCUT2D eigenvalue weighted by Gasteiger charge is 2.35. The van der Waals surface area contributed by atoms with E-state index in [1.165, 1.54) is 0 Å². The smallest absolute Gasteiger partial charge is 0.338 e. The van der Waals surface area contributed by atoms with Crippen molar-refractivity contribution in [2.24, 2.45) is 0 Å². The van der Waals surface area contributed by atoms with E-state index in [9.17, 15) is 9.59 Å². The van der Waals surface area contributed by atoms with Gasteiger partial charge in [0.15, 0.2) is 0 Å². The minimum absolute atomic E-state index is 0.167. The molecule has 1 aliphatic rings. The van der Waals surface area contributed by atoms with Crippen LogP contribution in [0, 0.1) is 0 Å². The molecule has 0 N–H and O–H groups in total. The van der Waals surface area contributed by atoms with Gasteiger partial charge < -0.3 is 14.2 Å². The zero-order valence-electron chi connectivity index (χ0n) is 15.4. The number of rotatable bonds is 8. The van der Waals surface area contributed by atoms with E-state index in [0.29, 0.717) is 38.0 Å². The van der Waals surface area contributed by atoms with Gasteiger partial charge in [0.05, 0.1) is 18.8 Å². The first-order valence-electron chi connectivity index (χ1n) is 9.05. The number of nitrogens with zero attached hydrogens (tertiary/aromatic N) is 2. The molecular weight excluding hydrogens is 348 g/mol. The SMILES string of the molecule is COCCOCn1nccc1C1CC(=O)CCC1OC(=O)c1ccccc1. The zero-order valence-corrected chi connectivity index (χ0v) is 15.4. The van der Waals surface area contributed by atoms with Crippen LogP contribution in [-0.4, -0.2) is 48.0 Å². The van der Waals surface area contributed by atoms with Crippen LogP contribution in [0.3, 0.4) is 0 Å². The standard InChI is InChI=1S/C20H24N2O5/c1-25-11-12-26-14-22-18(9-10-21-22)17-13-16(23)7-8-19(17)27-20(24)15-5-3-2-4-6-15/h2-6,9-10,17,19H,7-8,11-14H2,1H3. The summed E-state index contributed by atoms with van der Waals surface area (Å²) in [5, 5.41) is 4.28. The summed E-state index contributed by atoms with van der Waals surface area (Å²) < 4.78 is 18.0. The molecule has 0 radical (unpaired) electrons. The summed E-state index contributed by atoms with van der Waals surface area (Å²) in [7, 11) is 1.61. The number of benzene rings is 1. The molecule has 7 heteroatoms. The van der Waals surface area contributed by atoms with Gasteiger partial charge in [0.2, 0.25) is 0 Å². The van der Waals surface area contributed by atoms with Gasteiger partial charge in [-0.25, -0.2) is 9.48 Å². The van der Waals surface area contributed by atoms with E-state index in [0.717, 1.165) is 5.69 Å². The molecule has 7 nitrogen and oxygen atoms in total. The third kappa shape index (κ3) is 5.02. The van der Waals surface area contributed by atoms with E-state index in [1.54, 1.807) is 42.3 Å². The Balaban J connectivity index is 1.72. The molecule has 0 amide bonds. The maximum Gasteiger partial charge on any atom is 0.338 e. The second-order valence-electron chi connectivity index (χ2n) is 6.48. The average molecular weight is 372 g/mol. The molecule has 0 aliphatic heterocycles. The van der Waals surface area contributed by atoms with Gasteiger partial charge in [-0.1, -0.05) is 18.2 Å². The summed E-state index contributed by atoms with van der Waals surface area (Å²) in [4.78, 5) is 24.5. The molecule has 2 atom stereocenters. The van der Waals surface area contributed by atoms with Crippen molar-refractivity contribution in [3.8, 4) is 0 Å². The van der Waals surface area contributed by atoms with Crippen LogP contribution < -0.4 is 0 Å². The van der Waals surface area contributed by atoms with Crippen LogP contribution in [0.2, 0.25) is 0 Å². The molecule has 1 aromatic heterocycles. The molecule has 1 heterocycles. The molecule has 0 bridgehead atoms. The maximum atomic E-state index is 12.5. The molecule has 2 aromatic rings. The van der Waals surface area contributed by atoms with Crippen molar-refractivity contribution < 1.29 is 23.8 Å². The van der Waals surface area contributed by atoms with Gasteiger partial charge in [-0.2, -0.15) is 5.10 Å². The Labute approximate surface area is 158 Å². The minimum atomic E-state index is -0.373. The van der Waals surface area contributed by atoms with E-state index in [2.05, 4.69) is 5.10 Å². The lowest BCUT2D eigenvalue weighted by Gasteiger charge is -2.30. The van der Waals surface area contributed by atoms with Crippen LogP contribution >= 0.6 is 0 Å². The van der Waals surface area contributed by atoms with Crippen LogP contribution in [0.25, 0.3) is 0 Å². The molecule has 1 aromatic carbocycles. The number of Topliss-reactive ketones (excluding diaryl/α,β-unsaturated/α-hetero) is 1. The Hall–Kier alpha value is -2.51. The normalized spacial score (nSPS) is 19.8. The fraction of sp³-hybridized carbons (Fsp3) is 0.450. The van der Waals surface area contributed by atoms with E-state index in [4.69, 9.17) is 14.2 Å². The molecular formula is C20H24N2O5. The summed E-state index contributed by atoms with van der Waals surface area (Å²) in [6, 6.07) is 10.7. The third-order valence-corrected chi connectivity index (χ3v) is 4.65. The average Bonchev–Trinajstić information content (AvgIpc) is 3.15. The lowest BCUT2D eigenvalue weighted by atomic mass is 9.83. The molecule has 1 aliphatic carbocycles. The van der Waals surface area contributed by atoms with E-state index >= 15 is 0 Å². The summed E-state index contributed by atoms with van der Waals surface area (Å²) in [5.74, 6) is -0.435. The van der Waals surface area contributed by atoms with Crippen molar-refractivity contribution in [1.82, 2.24) is 9.78 Å². The number of methoxy groups -OCH3 is 1. The maximum absolute atomic E-state index is 12.5. The Morgan fingerprint density at radius 1 is 1.22 bits per heavy atom. The molecule has 27 heavy (non-hydrogen) atoms. The fourth-order valence-corrected chi connectivity index (χ4v) is 3.26. The number of ether oxygens (including phenoxy) is 3. The van der Waals surface area contributed by atoms with Crippen molar-refractivity contribution in [3.63, 3.8) is 0 Å². The molecule has 1 saturated carbocycles. The van der Waals surface area contributed by atoms with Crippen molar-refractivity contribution in [3.05, 3.63) is 53.9 Å². The van der Waals surface area contributed by atoms with Crippen molar-refractivity contribution in [2.75, 3.05) is 20.3 Å². The number of ketones is 1. The van der Waals surface area contributed by atoms with Gasteiger partial charge in [0.25, 0.3) is 0 Å². The summed E-state index contributed by atoms with van der Waals surface area (Å²) in [6.45, 7) is 1.21. The Bertz CT molecular complexity index is 759. The summed E-state index contributed by atoms with van der Waals surface area (Å²) in [5.41, 5.74) is 1.34. The monoisotopic (exact) mass is 372 g/mol. The highest BCUT2D eigenvalue weighted by atomic mass is 16.5. The molecule has 1 fully saturated rings. The molecule has 0 spiro atoms. The predicted molar refractivity (Wildman–Crippen MR) is 97.3 cm³/mol. The Morgan fingerprint density at radius 2 is 2.04 bits per heavy atom. The first-order valence-corrected chi connectivity index (χ1v) is 9.05. The second-order valence-corrected chi connectivity index (χ2v) is 6.48. The largest absolute Gasteiger partial charge is 0.458 e. The van der Waals surface area contributed by atoms with E-state index in [1.807, 2.05) is 12.1 Å². The number of esters is 1. The molecule has 2 unspecified atom stereocenters. The van der Waals surface area contributed by atoms with Crippen LogP contribution in [0.4, 0.5) is 0 Å². The van der Waals surface area contributed by atoms with Gasteiger partial charge in [-0.3, -0.25) is 4.79 Å². The first-order chi connectivity index (χ1) is 13.2. The number of hydrogen-bond acceptors (Lipinski definition) is 6.